The van der Waals surface area contributed by atoms with Crippen molar-refractivity contribution < 1.29 is 27.5 Å². The first-order valence-electron chi connectivity index (χ1n) is 9.14. The molecule has 0 saturated carbocycles. The quantitative estimate of drug-likeness (QED) is 0.738. The lowest BCUT2D eigenvalue weighted by atomic mass is 10.2. The van der Waals surface area contributed by atoms with Crippen molar-refractivity contribution in [3.63, 3.8) is 0 Å². The molecule has 1 saturated heterocycles. The summed E-state index contributed by atoms with van der Waals surface area (Å²) in [7, 11) is -2.35. The van der Waals surface area contributed by atoms with Gasteiger partial charge < -0.3 is 19.1 Å². The second-order valence-electron chi connectivity index (χ2n) is 6.91. The molecule has 2 aromatic carbocycles. The first-order valence-corrected chi connectivity index (χ1v) is 11.3. The number of ether oxygens (including phenoxy) is 3. The molecule has 1 fully saturated rings. The highest BCUT2D eigenvalue weighted by Gasteiger charge is 2.33. The molecular weight excluding hydrogens is 439 g/mol. The van der Waals surface area contributed by atoms with Crippen LogP contribution < -0.4 is 19.1 Å². The Morgan fingerprint density at radius 3 is 2.55 bits per heavy atom. The first-order chi connectivity index (χ1) is 13.9. The molecule has 0 aromatic heterocycles. The van der Waals surface area contributed by atoms with Gasteiger partial charge in [0.15, 0.2) is 17.2 Å². The van der Waals surface area contributed by atoms with Crippen LogP contribution in [0.3, 0.4) is 0 Å². The fourth-order valence-electron chi connectivity index (χ4n) is 3.61. The molecule has 0 amide bonds. The van der Waals surface area contributed by atoms with Gasteiger partial charge in [0.2, 0.25) is 16.8 Å². The summed E-state index contributed by atoms with van der Waals surface area (Å²) >= 11 is 12.1. The molecule has 4 rings (SSSR count). The summed E-state index contributed by atoms with van der Waals surface area (Å²) in [5.74, 6) is 1.60. The zero-order valence-electron chi connectivity index (χ0n) is 15.8. The number of rotatable bonds is 5. The van der Waals surface area contributed by atoms with E-state index in [0.717, 1.165) is 23.6 Å². The average molecular weight is 460 g/mol. The van der Waals surface area contributed by atoms with Crippen LogP contribution in [0.2, 0.25) is 10.0 Å². The third kappa shape index (κ3) is 4.00. The minimum absolute atomic E-state index is 0.0358. The van der Waals surface area contributed by atoms with Gasteiger partial charge in [0.25, 0.3) is 0 Å². The van der Waals surface area contributed by atoms with Gasteiger partial charge in [-0.2, -0.15) is 4.31 Å². The van der Waals surface area contributed by atoms with Crippen LogP contribution in [0.5, 0.6) is 17.2 Å². The van der Waals surface area contributed by atoms with Crippen molar-refractivity contribution in [3.8, 4) is 17.2 Å². The number of quaternary nitrogens is 1. The number of hydrogen-bond acceptors (Lipinski definition) is 5. The lowest BCUT2D eigenvalue weighted by molar-refractivity contribution is -0.917. The molecule has 0 atom stereocenters. The van der Waals surface area contributed by atoms with Crippen LogP contribution in [-0.4, -0.2) is 52.8 Å². The Balaban J connectivity index is 1.45. The van der Waals surface area contributed by atoms with Crippen molar-refractivity contribution in [1.29, 1.82) is 0 Å². The number of hydrogen-bond donors (Lipinski definition) is 1. The molecule has 2 aromatic rings. The second-order valence-corrected chi connectivity index (χ2v) is 9.60. The Bertz CT molecular complexity index is 1020. The molecule has 29 heavy (non-hydrogen) atoms. The fraction of sp³-hybridized carbons (Fsp3) is 0.368. The number of halogens is 2. The molecule has 0 unspecified atom stereocenters. The number of nitrogens with one attached hydrogen (secondary N) is 1. The van der Waals surface area contributed by atoms with Gasteiger partial charge in [-0.15, -0.1) is 0 Å². The lowest BCUT2D eigenvalue weighted by Gasteiger charge is -2.32. The SMILES string of the molecule is COc1c(S(=O)(=O)N2CC[NH+](Cc3ccc4c(c3)OCO4)CC2)ccc(Cl)c1Cl. The minimum Gasteiger partial charge on any atom is -0.494 e. The van der Waals surface area contributed by atoms with E-state index < -0.39 is 10.0 Å². The summed E-state index contributed by atoms with van der Waals surface area (Å²) in [4.78, 5) is 1.34. The van der Waals surface area contributed by atoms with E-state index in [2.05, 4.69) is 0 Å². The van der Waals surface area contributed by atoms with E-state index in [1.54, 1.807) is 0 Å². The zero-order chi connectivity index (χ0) is 20.6. The highest BCUT2D eigenvalue weighted by atomic mass is 35.5. The summed E-state index contributed by atoms with van der Waals surface area (Å²) in [6.07, 6.45) is 0. The summed E-state index contributed by atoms with van der Waals surface area (Å²) < 4.78 is 43.7. The van der Waals surface area contributed by atoms with Crippen LogP contribution >= 0.6 is 23.2 Å². The van der Waals surface area contributed by atoms with Crippen molar-refractivity contribution in [2.24, 2.45) is 0 Å². The number of sulfonamides is 1. The third-order valence-corrected chi connectivity index (χ3v) is 7.87. The van der Waals surface area contributed by atoms with Crippen LogP contribution in [0, 0.1) is 0 Å². The monoisotopic (exact) mass is 459 g/mol. The molecule has 7 nitrogen and oxygen atoms in total. The molecule has 0 aliphatic carbocycles. The van der Waals surface area contributed by atoms with E-state index in [0.29, 0.717) is 26.2 Å². The Labute approximate surface area is 179 Å². The highest BCUT2D eigenvalue weighted by molar-refractivity contribution is 7.89. The molecule has 2 heterocycles. The van der Waals surface area contributed by atoms with Gasteiger partial charge in [-0.05, 0) is 30.3 Å². The fourth-order valence-corrected chi connectivity index (χ4v) is 5.65. The van der Waals surface area contributed by atoms with Crippen molar-refractivity contribution in [2.45, 2.75) is 11.4 Å². The van der Waals surface area contributed by atoms with Crippen LogP contribution in [0.4, 0.5) is 0 Å². The van der Waals surface area contributed by atoms with Crippen LogP contribution in [-0.2, 0) is 16.6 Å². The average Bonchev–Trinajstić information content (AvgIpc) is 3.18. The summed E-state index contributed by atoms with van der Waals surface area (Å²) in [5, 5.41) is 0.350. The van der Waals surface area contributed by atoms with Gasteiger partial charge in [0, 0.05) is 5.56 Å². The van der Waals surface area contributed by atoms with E-state index in [1.807, 2.05) is 18.2 Å². The van der Waals surface area contributed by atoms with Crippen molar-refractivity contribution >= 4 is 33.2 Å². The van der Waals surface area contributed by atoms with Gasteiger partial charge in [0.05, 0.1) is 38.3 Å². The number of piperazine rings is 1. The lowest BCUT2D eigenvalue weighted by Crippen LogP contribution is -3.13. The number of nitrogens with zero attached hydrogens (tertiary/aromatic N) is 1. The number of methoxy groups -OCH3 is 1. The molecular formula is C19H21Cl2N2O5S+. The molecule has 0 radical (unpaired) electrons. The van der Waals surface area contributed by atoms with E-state index in [1.165, 1.54) is 28.4 Å². The Kier molecular flexibility index (Phi) is 5.81. The third-order valence-electron chi connectivity index (χ3n) is 5.16. The maximum absolute atomic E-state index is 13.1. The minimum atomic E-state index is -3.73. The van der Waals surface area contributed by atoms with Crippen LogP contribution in [0.15, 0.2) is 35.2 Å². The van der Waals surface area contributed by atoms with Gasteiger partial charge in [0.1, 0.15) is 16.5 Å². The molecule has 0 spiro atoms. The maximum atomic E-state index is 13.1. The predicted molar refractivity (Wildman–Crippen MR) is 109 cm³/mol. The van der Waals surface area contributed by atoms with E-state index in [9.17, 15) is 8.42 Å². The molecule has 10 heteroatoms. The Morgan fingerprint density at radius 1 is 1.10 bits per heavy atom. The van der Waals surface area contributed by atoms with E-state index in [-0.39, 0.29) is 27.5 Å². The molecule has 0 bridgehead atoms. The smallest absolute Gasteiger partial charge is 0.247 e. The van der Waals surface area contributed by atoms with E-state index in [4.69, 9.17) is 37.4 Å². The van der Waals surface area contributed by atoms with Crippen molar-refractivity contribution in [3.05, 3.63) is 45.9 Å². The van der Waals surface area contributed by atoms with E-state index >= 15 is 0 Å². The van der Waals surface area contributed by atoms with Crippen LogP contribution in [0.1, 0.15) is 5.56 Å². The number of fused-ring (bicyclic) bond motifs is 1. The normalized spacial score (nSPS) is 17.5. The van der Waals surface area contributed by atoms with Gasteiger partial charge in [-0.1, -0.05) is 23.2 Å². The summed E-state index contributed by atoms with van der Waals surface area (Å²) in [6, 6.07) is 8.83. The zero-order valence-corrected chi connectivity index (χ0v) is 18.1. The summed E-state index contributed by atoms with van der Waals surface area (Å²) in [6.45, 7) is 3.24. The molecule has 2 aliphatic heterocycles. The Morgan fingerprint density at radius 2 is 1.83 bits per heavy atom. The first kappa shape index (κ1) is 20.6. The topological polar surface area (TPSA) is 69.5 Å². The standard InChI is InChI=1S/C19H20Cl2N2O5S/c1-26-19-17(5-3-14(20)18(19)21)29(24,25)23-8-6-22(7-9-23)11-13-2-4-15-16(10-13)28-12-27-15/h2-5,10H,6-9,11-12H2,1H3/p+1. The molecule has 156 valence electrons. The highest BCUT2D eigenvalue weighted by Crippen LogP contribution is 2.38. The summed E-state index contributed by atoms with van der Waals surface area (Å²) in [5.41, 5.74) is 1.13. The van der Waals surface area contributed by atoms with Crippen molar-refractivity contribution in [1.82, 2.24) is 4.31 Å². The van der Waals surface area contributed by atoms with Crippen LogP contribution in [0.25, 0.3) is 0 Å². The maximum Gasteiger partial charge on any atom is 0.247 e. The van der Waals surface area contributed by atoms with Gasteiger partial charge in [-0.25, -0.2) is 8.42 Å². The molecule has 2 aliphatic rings. The largest absolute Gasteiger partial charge is 0.494 e. The van der Waals surface area contributed by atoms with Crippen molar-refractivity contribution in [2.75, 3.05) is 40.1 Å². The Hall–Kier alpha value is -1.71. The predicted octanol–water partition coefficient (Wildman–Crippen LogP) is 1.82. The molecule has 1 N–H and O–H groups in total. The number of benzene rings is 2. The van der Waals surface area contributed by atoms with Gasteiger partial charge in [-0.3, -0.25) is 0 Å². The second kappa shape index (κ2) is 8.20. The van der Waals surface area contributed by atoms with Gasteiger partial charge >= 0.3 is 0 Å².